The van der Waals surface area contributed by atoms with E-state index in [4.69, 9.17) is 10.9 Å². The predicted molar refractivity (Wildman–Crippen MR) is 85.6 cm³/mol. The Kier molecular flexibility index (Phi) is 5.06. The van der Waals surface area contributed by atoms with Crippen LogP contribution < -0.4 is 11.1 Å². The van der Waals surface area contributed by atoms with E-state index in [2.05, 4.69) is 33.3 Å². The molecule has 1 aromatic rings. The summed E-state index contributed by atoms with van der Waals surface area (Å²) in [5, 5.41) is 14.7. The molecule has 7 heteroatoms. The molecule has 0 saturated carbocycles. The number of halogens is 1. The van der Waals surface area contributed by atoms with Crippen molar-refractivity contribution in [1.29, 1.82) is 0 Å². The van der Waals surface area contributed by atoms with E-state index in [1.807, 2.05) is 0 Å². The van der Waals surface area contributed by atoms with Crippen molar-refractivity contribution in [2.75, 3.05) is 18.4 Å². The summed E-state index contributed by atoms with van der Waals surface area (Å²) in [7, 11) is 0. The lowest BCUT2D eigenvalue weighted by atomic mass is 10.0. The molecule has 1 aliphatic rings. The molecule has 0 aromatic heterocycles. The van der Waals surface area contributed by atoms with Crippen molar-refractivity contribution < 1.29 is 10.0 Å². The van der Waals surface area contributed by atoms with E-state index in [1.54, 1.807) is 23.1 Å². The van der Waals surface area contributed by atoms with Gasteiger partial charge < -0.3 is 21.2 Å². The molecule has 1 aliphatic heterocycles. The summed E-state index contributed by atoms with van der Waals surface area (Å²) < 4.78 is 0.786. The second-order valence-electron chi connectivity index (χ2n) is 5.30. The van der Waals surface area contributed by atoms with E-state index >= 15 is 0 Å². The zero-order valence-corrected chi connectivity index (χ0v) is 13.4. The van der Waals surface area contributed by atoms with Crippen LogP contribution in [0.25, 0.3) is 0 Å². The van der Waals surface area contributed by atoms with Crippen molar-refractivity contribution in [3.05, 3.63) is 28.2 Å². The van der Waals surface area contributed by atoms with Gasteiger partial charge in [-0.3, -0.25) is 0 Å². The molecule has 1 fully saturated rings. The molecule has 2 rings (SSSR count). The number of anilines is 1. The Hall–Kier alpha value is -1.76. The largest absolute Gasteiger partial charge is 0.409 e. The SMILES string of the molecule is CC1CCCN(C(=O)Nc2ccc(Br)cc2/C(N)=N/O)C1. The molecule has 1 heterocycles. The first kappa shape index (κ1) is 15.6. The molecule has 0 aliphatic carbocycles. The summed E-state index contributed by atoms with van der Waals surface area (Å²) >= 11 is 3.33. The van der Waals surface area contributed by atoms with Crippen LogP contribution in [0.5, 0.6) is 0 Å². The van der Waals surface area contributed by atoms with Gasteiger partial charge in [0, 0.05) is 23.1 Å². The Morgan fingerprint density at radius 1 is 1.57 bits per heavy atom. The van der Waals surface area contributed by atoms with Gasteiger partial charge in [-0.15, -0.1) is 0 Å². The van der Waals surface area contributed by atoms with Crippen LogP contribution in [-0.4, -0.2) is 35.1 Å². The molecule has 1 aromatic carbocycles. The van der Waals surface area contributed by atoms with E-state index in [0.717, 1.165) is 30.4 Å². The lowest BCUT2D eigenvalue weighted by molar-refractivity contribution is 0.182. The van der Waals surface area contributed by atoms with E-state index in [-0.39, 0.29) is 11.9 Å². The number of likely N-dealkylation sites (tertiary alicyclic amines) is 1. The lowest BCUT2D eigenvalue weighted by Crippen LogP contribution is -2.41. The van der Waals surface area contributed by atoms with Crippen LogP contribution in [0.3, 0.4) is 0 Å². The molecule has 0 radical (unpaired) electrons. The number of amides is 2. The lowest BCUT2D eigenvalue weighted by Gasteiger charge is -2.31. The third-order valence-corrected chi connectivity index (χ3v) is 4.04. The molecule has 2 amide bonds. The summed E-state index contributed by atoms with van der Waals surface area (Å²) in [5.74, 6) is 0.469. The molecule has 1 atom stereocenters. The van der Waals surface area contributed by atoms with Crippen molar-refractivity contribution in [3.63, 3.8) is 0 Å². The monoisotopic (exact) mass is 354 g/mol. The van der Waals surface area contributed by atoms with Crippen molar-refractivity contribution >= 4 is 33.5 Å². The second kappa shape index (κ2) is 6.80. The zero-order chi connectivity index (χ0) is 15.4. The van der Waals surface area contributed by atoms with Crippen molar-refractivity contribution in [3.8, 4) is 0 Å². The number of urea groups is 1. The normalized spacial score (nSPS) is 19.4. The number of hydrogen-bond acceptors (Lipinski definition) is 3. The minimum atomic E-state index is -0.157. The zero-order valence-electron chi connectivity index (χ0n) is 11.8. The summed E-state index contributed by atoms with van der Waals surface area (Å²) in [5.41, 5.74) is 6.66. The molecule has 6 nitrogen and oxygen atoms in total. The number of piperidine rings is 1. The summed E-state index contributed by atoms with van der Waals surface area (Å²) in [6, 6.07) is 5.06. The van der Waals surface area contributed by atoms with Gasteiger partial charge in [0.2, 0.25) is 0 Å². The van der Waals surface area contributed by atoms with Gasteiger partial charge in [-0.05, 0) is 37.0 Å². The molecule has 1 unspecified atom stereocenters. The molecule has 4 N–H and O–H groups in total. The minimum absolute atomic E-state index is 0.0430. The number of hydrogen-bond donors (Lipinski definition) is 3. The highest BCUT2D eigenvalue weighted by atomic mass is 79.9. The highest BCUT2D eigenvalue weighted by Gasteiger charge is 2.22. The molecule has 0 spiro atoms. The van der Waals surface area contributed by atoms with Crippen LogP contribution >= 0.6 is 15.9 Å². The smallest absolute Gasteiger partial charge is 0.321 e. The van der Waals surface area contributed by atoms with Crippen LogP contribution in [0.4, 0.5) is 10.5 Å². The predicted octanol–water partition coefficient (Wildman–Crippen LogP) is 2.81. The Balaban J connectivity index is 2.17. The fourth-order valence-corrected chi connectivity index (χ4v) is 2.82. The maximum absolute atomic E-state index is 12.3. The average Bonchev–Trinajstić information content (AvgIpc) is 2.48. The average molecular weight is 355 g/mol. The van der Waals surface area contributed by atoms with Gasteiger partial charge in [0.1, 0.15) is 0 Å². The third kappa shape index (κ3) is 3.87. The maximum atomic E-state index is 12.3. The van der Waals surface area contributed by atoms with Gasteiger partial charge in [-0.1, -0.05) is 28.0 Å². The van der Waals surface area contributed by atoms with Gasteiger partial charge in [-0.2, -0.15) is 0 Å². The number of nitrogens with one attached hydrogen (secondary N) is 1. The van der Waals surface area contributed by atoms with Crippen molar-refractivity contribution in [2.24, 2.45) is 16.8 Å². The van der Waals surface area contributed by atoms with Crippen molar-refractivity contribution in [2.45, 2.75) is 19.8 Å². The number of carbonyl (C=O) groups is 1. The van der Waals surface area contributed by atoms with E-state index in [0.29, 0.717) is 17.2 Å². The van der Waals surface area contributed by atoms with E-state index < -0.39 is 0 Å². The number of nitrogens with two attached hydrogens (primary N) is 1. The molecular formula is C14H19BrN4O2. The van der Waals surface area contributed by atoms with Crippen LogP contribution in [-0.2, 0) is 0 Å². The van der Waals surface area contributed by atoms with Gasteiger partial charge in [-0.25, -0.2) is 4.79 Å². The fraction of sp³-hybridized carbons (Fsp3) is 0.429. The number of amidine groups is 1. The van der Waals surface area contributed by atoms with Crippen LogP contribution in [0.1, 0.15) is 25.3 Å². The number of carbonyl (C=O) groups excluding carboxylic acids is 1. The highest BCUT2D eigenvalue weighted by molar-refractivity contribution is 9.10. The Morgan fingerprint density at radius 3 is 3.00 bits per heavy atom. The highest BCUT2D eigenvalue weighted by Crippen LogP contribution is 2.22. The molecule has 114 valence electrons. The van der Waals surface area contributed by atoms with Gasteiger partial charge >= 0.3 is 6.03 Å². The Labute approximate surface area is 132 Å². The first-order valence-corrected chi connectivity index (χ1v) is 7.64. The van der Waals surface area contributed by atoms with Gasteiger partial charge in [0.05, 0.1) is 5.69 Å². The number of rotatable bonds is 2. The van der Waals surface area contributed by atoms with E-state index in [1.165, 1.54) is 0 Å². The van der Waals surface area contributed by atoms with E-state index in [9.17, 15) is 4.79 Å². The minimum Gasteiger partial charge on any atom is -0.409 e. The quantitative estimate of drug-likeness (QED) is 0.330. The second-order valence-corrected chi connectivity index (χ2v) is 6.21. The van der Waals surface area contributed by atoms with Gasteiger partial charge in [0.25, 0.3) is 0 Å². The third-order valence-electron chi connectivity index (χ3n) is 3.55. The standard InChI is InChI=1S/C14H19BrN4O2/c1-9-3-2-6-19(8-9)14(20)17-12-5-4-10(15)7-11(12)13(16)18-21/h4-5,7,9,21H,2-3,6,8H2,1H3,(H2,16,18)(H,17,20). The summed E-state index contributed by atoms with van der Waals surface area (Å²) in [6.45, 7) is 3.65. The number of nitrogens with zero attached hydrogens (tertiary/aromatic N) is 2. The molecule has 21 heavy (non-hydrogen) atoms. The maximum Gasteiger partial charge on any atom is 0.321 e. The number of benzene rings is 1. The first-order chi connectivity index (χ1) is 10.0. The molecule has 0 bridgehead atoms. The van der Waals surface area contributed by atoms with Crippen LogP contribution in [0, 0.1) is 5.92 Å². The topological polar surface area (TPSA) is 91.0 Å². The van der Waals surface area contributed by atoms with Crippen molar-refractivity contribution in [1.82, 2.24) is 4.90 Å². The fourth-order valence-electron chi connectivity index (χ4n) is 2.46. The van der Waals surface area contributed by atoms with Gasteiger partial charge in [0.15, 0.2) is 5.84 Å². The molecular weight excluding hydrogens is 336 g/mol. The summed E-state index contributed by atoms with van der Waals surface area (Å²) in [6.07, 6.45) is 2.17. The Bertz CT molecular complexity index is 562. The first-order valence-electron chi connectivity index (χ1n) is 6.84. The summed E-state index contributed by atoms with van der Waals surface area (Å²) in [4.78, 5) is 14.1. The number of oxime groups is 1. The molecule has 1 saturated heterocycles. The van der Waals surface area contributed by atoms with Crippen LogP contribution in [0.15, 0.2) is 27.8 Å². The Morgan fingerprint density at radius 2 is 2.33 bits per heavy atom. The van der Waals surface area contributed by atoms with Crippen LogP contribution in [0.2, 0.25) is 0 Å².